The van der Waals surface area contributed by atoms with E-state index in [1.54, 1.807) is 31.3 Å². The predicted octanol–water partition coefficient (Wildman–Crippen LogP) is 3.30. The standard InChI is InChI=1S/C23H24FN3O6/c1-32-18-6-8-21(33-2)14(9-18)12-26(16-3-4-16)23(29)15-10-22(28)25(13-15)17-5-7-19(24)20(11-17)27(30)31/h5-9,11,15-16H,3-4,10,12-13H2,1-2H3. The molecule has 174 valence electrons. The molecule has 1 unspecified atom stereocenters. The van der Waals surface area contributed by atoms with Gasteiger partial charge in [-0.15, -0.1) is 0 Å². The van der Waals surface area contributed by atoms with E-state index in [0.29, 0.717) is 18.0 Å². The zero-order chi connectivity index (χ0) is 23.7. The van der Waals surface area contributed by atoms with E-state index in [0.717, 1.165) is 30.5 Å². The monoisotopic (exact) mass is 457 g/mol. The third-order valence-electron chi connectivity index (χ3n) is 6.01. The topological polar surface area (TPSA) is 102 Å². The van der Waals surface area contributed by atoms with Gasteiger partial charge in [0.25, 0.3) is 0 Å². The van der Waals surface area contributed by atoms with Crippen LogP contribution in [0.2, 0.25) is 0 Å². The van der Waals surface area contributed by atoms with Crippen molar-refractivity contribution >= 4 is 23.2 Å². The summed E-state index contributed by atoms with van der Waals surface area (Å²) in [4.78, 5) is 39.4. The summed E-state index contributed by atoms with van der Waals surface area (Å²) in [6.45, 7) is 0.398. The molecule has 0 bridgehead atoms. The molecule has 1 saturated carbocycles. The van der Waals surface area contributed by atoms with E-state index in [9.17, 15) is 24.1 Å². The predicted molar refractivity (Wildman–Crippen MR) is 117 cm³/mol. The van der Waals surface area contributed by atoms with Gasteiger partial charge in [0.15, 0.2) is 0 Å². The fourth-order valence-electron chi connectivity index (χ4n) is 4.13. The lowest BCUT2D eigenvalue weighted by Crippen LogP contribution is -2.38. The van der Waals surface area contributed by atoms with Crippen LogP contribution in [0, 0.1) is 21.8 Å². The average molecular weight is 457 g/mol. The van der Waals surface area contributed by atoms with Crippen LogP contribution in [0.25, 0.3) is 0 Å². The quantitative estimate of drug-likeness (QED) is 0.445. The number of carbonyl (C=O) groups is 2. The van der Waals surface area contributed by atoms with Gasteiger partial charge in [-0.05, 0) is 43.2 Å². The third kappa shape index (κ3) is 4.59. The first-order chi connectivity index (χ1) is 15.8. The van der Waals surface area contributed by atoms with Gasteiger partial charge < -0.3 is 19.3 Å². The molecule has 0 radical (unpaired) electrons. The first kappa shape index (κ1) is 22.5. The summed E-state index contributed by atoms with van der Waals surface area (Å²) in [6, 6.07) is 8.77. The molecule has 2 aromatic rings. The Kier molecular flexibility index (Phi) is 6.17. The normalized spacial score (nSPS) is 17.7. The number of nitro groups is 1. The molecular weight excluding hydrogens is 433 g/mol. The van der Waals surface area contributed by atoms with Crippen molar-refractivity contribution in [1.29, 1.82) is 0 Å². The number of anilines is 1. The minimum atomic E-state index is -0.977. The van der Waals surface area contributed by atoms with Crippen molar-refractivity contribution in [2.75, 3.05) is 25.7 Å². The number of rotatable bonds is 8. The number of carbonyl (C=O) groups excluding carboxylic acids is 2. The van der Waals surface area contributed by atoms with E-state index >= 15 is 0 Å². The molecule has 2 aliphatic rings. The highest BCUT2D eigenvalue weighted by atomic mass is 19.1. The minimum absolute atomic E-state index is 0.0114. The van der Waals surface area contributed by atoms with E-state index in [2.05, 4.69) is 0 Å². The molecule has 1 aliphatic carbocycles. The molecule has 1 atom stereocenters. The van der Waals surface area contributed by atoms with E-state index in [-0.39, 0.29) is 36.5 Å². The summed E-state index contributed by atoms with van der Waals surface area (Å²) in [5, 5.41) is 11.1. The second-order valence-electron chi connectivity index (χ2n) is 8.17. The number of ether oxygens (including phenoxy) is 2. The van der Waals surface area contributed by atoms with Crippen molar-refractivity contribution in [3.8, 4) is 11.5 Å². The van der Waals surface area contributed by atoms with Crippen molar-refractivity contribution in [2.45, 2.75) is 31.8 Å². The van der Waals surface area contributed by atoms with Crippen LogP contribution < -0.4 is 14.4 Å². The van der Waals surface area contributed by atoms with Gasteiger partial charge in [0, 0.05) is 37.2 Å². The number of amides is 2. The number of halogens is 1. The van der Waals surface area contributed by atoms with E-state index in [1.807, 2.05) is 6.07 Å². The molecule has 2 aromatic carbocycles. The largest absolute Gasteiger partial charge is 0.497 e. The molecule has 10 heteroatoms. The van der Waals surface area contributed by atoms with Gasteiger partial charge in [0.2, 0.25) is 17.6 Å². The minimum Gasteiger partial charge on any atom is -0.497 e. The Balaban J connectivity index is 1.54. The Morgan fingerprint density at radius 1 is 1.21 bits per heavy atom. The van der Waals surface area contributed by atoms with Gasteiger partial charge in [-0.25, -0.2) is 0 Å². The third-order valence-corrected chi connectivity index (χ3v) is 6.01. The van der Waals surface area contributed by atoms with Crippen molar-refractivity contribution in [3.63, 3.8) is 0 Å². The lowest BCUT2D eigenvalue weighted by molar-refractivity contribution is -0.387. The summed E-state index contributed by atoms with van der Waals surface area (Å²) >= 11 is 0. The summed E-state index contributed by atoms with van der Waals surface area (Å²) in [7, 11) is 3.12. The van der Waals surface area contributed by atoms with Crippen LogP contribution in [0.15, 0.2) is 36.4 Å². The maximum atomic E-state index is 13.7. The second kappa shape index (κ2) is 9.05. The highest BCUT2D eigenvalue weighted by Crippen LogP contribution is 2.36. The van der Waals surface area contributed by atoms with Crippen LogP contribution >= 0.6 is 0 Å². The van der Waals surface area contributed by atoms with Crippen LogP contribution in [-0.2, 0) is 16.1 Å². The van der Waals surface area contributed by atoms with Gasteiger partial charge >= 0.3 is 5.69 Å². The maximum Gasteiger partial charge on any atom is 0.306 e. The van der Waals surface area contributed by atoms with Gasteiger partial charge in [-0.1, -0.05) is 0 Å². The Morgan fingerprint density at radius 2 is 1.97 bits per heavy atom. The highest BCUT2D eigenvalue weighted by Gasteiger charge is 2.42. The number of benzene rings is 2. The SMILES string of the molecule is COc1ccc(OC)c(CN(C(=O)C2CC(=O)N(c3ccc(F)c([N+](=O)[O-])c3)C2)C2CC2)c1. The number of nitrogens with zero attached hydrogens (tertiary/aromatic N) is 3. The molecule has 1 saturated heterocycles. The summed E-state index contributed by atoms with van der Waals surface area (Å²) in [5.74, 6) is -0.779. The second-order valence-corrected chi connectivity index (χ2v) is 8.17. The van der Waals surface area contributed by atoms with Gasteiger partial charge in [0.1, 0.15) is 11.5 Å². The Hall–Kier alpha value is -3.69. The van der Waals surface area contributed by atoms with Crippen molar-refractivity contribution in [2.24, 2.45) is 5.92 Å². The Labute approximate surface area is 189 Å². The van der Waals surface area contributed by atoms with E-state index < -0.39 is 22.3 Å². The van der Waals surface area contributed by atoms with Gasteiger partial charge in [-0.3, -0.25) is 19.7 Å². The molecule has 9 nitrogen and oxygen atoms in total. The average Bonchev–Trinajstić information content (AvgIpc) is 3.58. The fourth-order valence-corrected chi connectivity index (χ4v) is 4.13. The van der Waals surface area contributed by atoms with Gasteiger partial charge in [-0.2, -0.15) is 4.39 Å². The van der Waals surface area contributed by atoms with Crippen LogP contribution in [0.1, 0.15) is 24.8 Å². The zero-order valence-electron chi connectivity index (χ0n) is 18.3. The first-order valence-electron chi connectivity index (χ1n) is 10.6. The number of nitro benzene ring substituents is 1. The molecule has 2 fully saturated rings. The first-order valence-corrected chi connectivity index (χ1v) is 10.6. The van der Waals surface area contributed by atoms with Crippen LogP contribution in [-0.4, -0.2) is 48.4 Å². The zero-order valence-corrected chi connectivity index (χ0v) is 18.3. The molecular formula is C23H24FN3O6. The maximum absolute atomic E-state index is 13.7. The van der Waals surface area contributed by atoms with Crippen molar-refractivity contribution in [1.82, 2.24) is 4.90 Å². The van der Waals surface area contributed by atoms with Crippen molar-refractivity contribution < 1.29 is 28.4 Å². The lowest BCUT2D eigenvalue weighted by atomic mass is 10.1. The molecule has 1 heterocycles. The van der Waals surface area contributed by atoms with E-state index in [4.69, 9.17) is 9.47 Å². The molecule has 0 aromatic heterocycles. The summed E-state index contributed by atoms with van der Waals surface area (Å²) < 4.78 is 24.4. The molecule has 0 N–H and O–H groups in total. The number of methoxy groups -OCH3 is 2. The van der Waals surface area contributed by atoms with E-state index in [1.165, 1.54) is 11.0 Å². The van der Waals surface area contributed by atoms with Crippen LogP contribution in [0.5, 0.6) is 11.5 Å². The van der Waals surface area contributed by atoms with Crippen LogP contribution in [0.4, 0.5) is 15.8 Å². The van der Waals surface area contributed by atoms with Crippen LogP contribution in [0.3, 0.4) is 0 Å². The Bertz CT molecular complexity index is 1100. The smallest absolute Gasteiger partial charge is 0.306 e. The molecule has 4 rings (SSSR count). The number of hydrogen-bond acceptors (Lipinski definition) is 6. The molecule has 2 amide bonds. The van der Waals surface area contributed by atoms with Crippen molar-refractivity contribution in [3.05, 3.63) is 57.9 Å². The summed E-state index contributed by atoms with van der Waals surface area (Å²) in [5.41, 5.74) is 0.295. The Morgan fingerprint density at radius 3 is 2.61 bits per heavy atom. The summed E-state index contributed by atoms with van der Waals surface area (Å²) in [6.07, 6.45) is 1.75. The lowest BCUT2D eigenvalue weighted by Gasteiger charge is -2.26. The molecule has 1 aliphatic heterocycles. The number of hydrogen-bond donors (Lipinski definition) is 0. The fraction of sp³-hybridized carbons (Fsp3) is 0.391. The highest BCUT2D eigenvalue weighted by molar-refractivity contribution is 6.00. The molecule has 33 heavy (non-hydrogen) atoms. The molecule has 0 spiro atoms. The van der Waals surface area contributed by atoms with Gasteiger partial charge in [0.05, 0.1) is 30.7 Å².